The van der Waals surface area contributed by atoms with Gasteiger partial charge in [0.25, 0.3) is 11.1 Å². The number of nitrogens with one attached hydrogen (secondary N) is 3. The molecule has 3 heterocycles. The summed E-state index contributed by atoms with van der Waals surface area (Å²) in [5, 5.41) is 0.582. The Balaban J connectivity index is 2.20. The lowest BCUT2D eigenvalue weighted by atomic mass is 10.0. The molecule has 0 saturated heterocycles. The minimum Gasteiger partial charge on any atom is -0.383 e. The highest BCUT2D eigenvalue weighted by molar-refractivity contribution is 6.30. The van der Waals surface area contributed by atoms with Crippen molar-refractivity contribution in [3.05, 3.63) is 50.0 Å². The minimum absolute atomic E-state index is 0.0116. The molecule has 0 spiro atoms. The molecule has 0 saturated carbocycles. The van der Waals surface area contributed by atoms with E-state index in [1.165, 1.54) is 0 Å². The van der Waals surface area contributed by atoms with Crippen LogP contribution >= 0.6 is 11.6 Å². The van der Waals surface area contributed by atoms with Gasteiger partial charge < -0.3 is 22.2 Å². The molecule has 136 valence electrons. The molecule has 27 heavy (non-hydrogen) atoms. The van der Waals surface area contributed by atoms with Gasteiger partial charge >= 0.3 is 0 Å². The zero-order valence-electron chi connectivity index (χ0n) is 13.6. The van der Waals surface area contributed by atoms with Gasteiger partial charge in [0.2, 0.25) is 11.9 Å². The van der Waals surface area contributed by atoms with E-state index in [1.54, 1.807) is 24.3 Å². The Hall–Kier alpha value is -3.79. The van der Waals surface area contributed by atoms with Crippen LogP contribution in [-0.2, 0) is 0 Å². The van der Waals surface area contributed by atoms with E-state index in [0.717, 1.165) is 0 Å². The molecule has 4 rings (SSSR count). The van der Waals surface area contributed by atoms with Crippen LogP contribution in [0.2, 0.25) is 5.02 Å². The molecule has 3 aromatic heterocycles. The van der Waals surface area contributed by atoms with Crippen LogP contribution in [0.1, 0.15) is 0 Å². The molecule has 0 bridgehead atoms. The number of aromatic amines is 3. The molecule has 4 aromatic rings. The Morgan fingerprint density at radius 3 is 2.30 bits per heavy atom. The minimum atomic E-state index is -0.597. The summed E-state index contributed by atoms with van der Waals surface area (Å²) in [6.45, 7) is 0. The normalized spacial score (nSPS) is 11.1. The molecule has 10 nitrogen and oxygen atoms in total. The maximum absolute atomic E-state index is 12.6. The topological polar surface area (TPSA) is 185 Å². The van der Waals surface area contributed by atoms with E-state index in [1.807, 2.05) is 0 Å². The molecule has 0 aliphatic rings. The summed E-state index contributed by atoms with van der Waals surface area (Å²) in [4.78, 5) is 41.0. The van der Waals surface area contributed by atoms with Crippen molar-refractivity contribution >= 4 is 40.3 Å². The highest BCUT2D eigenvalue weighted by atomic mass is 35.5. The van der Waals surface area contributed by atoms with E-state index in [0.29, 0.717) is 16.3 Å². The zero-order valence-corrected chi connectivity index (χ0v) is 14.4. The molecule has 0 amide bonds. The first-order valence-corrected chi connectivity index (χ1v) is 8.06. The lowest BCUT2D eigenvalue weighted by molar-refractivity contribution is 1.15. The number of hydrogen-bond donors (Lipinski definition) is 6. The Labute approximate surface area is 155 Å². The number of anilines is 3. The van der Waals surface area contributed by atoms with Crippen molar-refractivity contribution in [2.45, 2.75) is 0 Å². The maximum Gasteiger partial charge on any atom is 0.262 e. The Morgan fingerprint density at radius 2 is 1.59 bits per heavy atom. The van der Waals surface area contributed by atoms with Crippen LogP contribution < -0.4 is 28.3 Å². The fraction of sp³-hybridized carbons (Fsp3) is 0. The first-order valence-electron chi connectivity index (χ1n) is 7.68. The van der Waals surface area contributed by atoms with Crippen LogP contribution in [0, 0.1) is 0 Å². The Kier molecular flexibility index (Phi) is 3.63. The molecule has 11 heteroatoms. The van der Waals surface area contributed by atoms with Gasteiger partial charge in [0.1, 0.15) is 11.5 Å². The van der Waals surface area contributed by atoms with E-state index in [-0.39, 0.29) is 39.9 Å². The van der Waals surface area contributed by atoms with Gasteiger partial charge in [-0.1, -0.05) is 23.7 Å². The second-order valence-corrected chi connectivity index (χ2v) is 6.21. The summed E-state index contributed by atoms with van der Waals surface area (Å²) in [5.41, 5.74) is 17.4. The van der Waals surface area contributed by atoms with Gasteiger partial charge in [0, 0.05) is 16.1 Å². The second-order valence-electron chi connectivity index (χ2n) is 5.77. The molecule has 9 N–H and O–H groups in total. The number of fused-ring (bicyclic) bond motifs is 1. The molecular weight excluding hydrogens is 372 g/mol. The number of rotatable bonds is 2. The molecule has 0 radical (unpaired) electrons. The molecule has 0 aliphatic heterocycles. The average Bonchev–Trinajstić information content (AvgIpc) is 2.93. The first-order chi connectivity index (χ1) is 12.8. The highest BCUT2D eigenvalue weighted by Gasteiger charge is 2.24. The Morgan fingerprint density at radius 1 is 0.889 bits per heavy atom. The SMILES string of the molecule is Nc1nc(N)c(-c2c(-c3cccc(Cl)c3)[nH]c3nc(N)[nH]c(=O)c23)c(=O)[nH]1. The van der Waals surface area contributed by atoms with Gasteiger partial charge in [-0.05, 0) is 12.1 Å². The van der Waals surface area contributed by atoms with Gasteiger partial charge in [-0.3, -0.25) is 19.6 Å². The van der Waals surface area contributed by atoms with Crippen molar-refractivity contribution in [1.29, 1.82) is 0 Å². The fourth-order valence-corrected chi connectivity index (χ4v) is 3.17. The average molecular weight is 385 g/mol. The van der Waals surface area contributed by atoms with Gasteiger partial charge in [0.05, 0.1) is 16.6 Å². The van der Waals surface area contributed by atoms with Crippen molar-refractivity contribution in [1.82, 2.24) is 24.9 Å². The Bertz CT molecular complexity index is 1320. The smallest absolute Gasteiger partial charge is 0.262 e. The summed E-state index contributed by atoms with van der Waals surface area (Å²) >= 11 is 6.09. The van der Waals surface area contributed by atoms with Crippen LogP contribution in [0.15, 0.2) is 33.9 Å². The summed E-state index contributed by atoms with van der Waals surface area (Å²) in [5.74, 6) is -0.339. The maximum atomic E-state index is 12.6. The second kappa shape index (κ2) is 5.88. The monoisotopic (exact) mass is 384 g/mol. The number of halogens is 1. The summed E-state index contributed by atoms with van der Waals surface area (Å²) in [7, 11) is 0. The fourth-order valence-electron chi connectivity index (χ4n) is 2.98. The third-order valence-corrected chi connectivity index (χ3v) is 4.25. The zero-order chi connectivity index (χ0) is 19.3. The summed E-state index contributed by atoms with van der Waals surface area (Å²) < 4.78 is 0. The number of nitrogens with zero attached hydrogens (tertiary/aromatic N) is 2. The number of nitrogens with two attached hydrogens (primary N) is 3. The summed E-state index contributed by atoms with van der Waals surface area (Å²) in [6.07, 6.45) is 0. The number of nitrogen functional groups attached to an aromatic ring is 3. The number of benzene rings is 1. The van der Waals surface area contributed by atoms with Crippen molar-refractivity contribution in [3.63, 3.8) is 0 Å². The molecule has 0 unspecified atom stereocenters. The van der Waals surface area contributed by atoms with Crippen LogP contribution in [0.25, 0.3) is 33.4 Å². The van der Waals surface area contributed by atoms with Crippen molar-refractivity contribution in [3.8, 4) is 22.4 Å². The predicted molar refractivity (Wildman–Crippen MR) is 104 cm³/mol. The molecule has 0 aliphatic carbocycles. The van der Waals surface area contributed by atoms with Gasteiger partial charge in [-0.25, -0.2) is 0 Å². The lowest BCUT2D eigenvalue weighted by Crippen LogP contribution is -2.18. The van der Waals surface area contributed by atoms with Crippen molar-refractivity contribution in [2.75, 3.05) is 17.2 Å². The third-order valence-electron chi connectivity index (χ3n) is 4.01. The largest absolute Gasteiger partial charge is 0.383 e. The van der Waals surface area contributed by atoms with Crippen LogP contribution in [0.4, 0.5) is 17.7 Å². The number of aromatic nitrogens is 5. The van der Waals surface area contributed by atoms with Gasteiger partial charge in [-0.15, -0.1) is 0 Å². The van der Waals surface area contributed by atoms with E-state index in [2.05, 4.69) is 24.9 Å². The van der Waals surface area contributed by atoms with Crippen LogP contribution in [0.5, 0.6) is 0 Å². The number of H-pyrrole nitrogens is 3. The summed E-state index contributed by atoms with van der Waals surface area (Å²) in [6, 6.07) is 6.85. The van der Waals surface area contributed by atoms with Crippen molar-refractivity contribution < 1.29 is 0 Å². The van der Waals surface area contributed by atoms with E-state index in [9.17, 15) is 9.59 Å². The van der Waals surface area contributed by atoms with Crippen LogP contribution in [0.3, 0.4) is 0 Å². The van der Waals surface area contributed by atoms with Gasteiger partial charge in [0.15, 0.2) is 0 Å². The van der Waals surface area contributed by atoms with Crippen molar-refractivity contribution in [2.24, 2.45) is 0 Å². The van der Waals surface area contributed by atoms with Crippen LogP contribution in [-0.4, -0.2) is 24.9 Å². The van der Waals surface area contributed by atoms with Gasteiger partial charge in [-0.2, -0.15) is 9.97 Å². The van der Waals surface area contributed by atoms with E-state index in [4.69, 9.17) is 28.8 Å². The predicted octanol–water partition coefficient (Wildman–Crippen LogP) is 1.07. The molecule has 1 aromatic carbocycles. The molecule has 0 atom stereocenters. The van der Waals surface area contributed by atoms with E-state index < -0.39 is 11.1 Å². The quantitative estimate of drug-likeness (QED) is 0.298. The highest BCUT2D eigenvalue weighted by Crippen LogP contribution is 2.37. The molecular formula is C16H13ClN8O2. The third kappa shape index (κ3) is 2.68. The first kappa shape index (κ1) is 16.7. The standard InChI is InChI=1S/C16H13ClN8O2/c17-6-3-1-2-5(4-6)10-7(8-11(18)22-15(19)24-13(8)26)9-12(21-10)23-16(20)25-14(9)27/h1-4H,(H5,18,19,22,24,26)(H4,20,21,23,25,27). The molecule has 0 fully saturated rings. The number of hydrogen-bond acceptors (Lipinski definition) is 7. The van der Waals surface area contributed by atoms with E-state index >= 15 is 0 Å². The lowest BCUT2D eigenvalue weighted by Gasteiger charge is -2.08.